The molecule has 10 heteroatoms. The van der Waals surface area contributed by atoms with Crippen LogP contribution in [-0.2, 0) is 11.0 Å². The van der Waals surface area contributed by atoms with Crippen molar-refractivity contribution in [1.29, 1.82) is 0 Å². The topological polar surface area (TPSA) is 90.1 Å². The number of alkyl halides is 3. The van der Waals surface area contributed by atoms with Crippen molar-refractivity contribution >= 4 is 28.3 Å². The fraction of sp³-hybridized carbons (Fsp3) is 0.318. The molecule has 0 radical (unpaired) electrons. The monoisotopic (exact) mass is 445 g/mol. The zero-order valence-corrected chi connectivity index (χ0v) is 17.1. The van der Waals surface area contributed by atoms with Crippen molar-refractivity contribution in [3.63, 3.8) is 0 Å². The third kappa shape index (κ3) is 5.25. The second-order valence-corrected chi connectivity index (χ2v) is 7.75. The highest BCUT2D eigenvalue weighted by molar-refractivity contribution is 6.02. The van der Waals surface area contributed by atoms with Gasteiger partial charge in [0.25, 0.3) is 5.56 Å². The summed E-state index contributed by atoms with van der Waals surface area (Å²) in [4.78, 5) is 31.8. The van der Waals surface area contributed by atoms with Crippen LogP contribution in [0, 0.1) is 0 Å². The van der Waals surface area contributed by atoms with Gasteiger partial charge >= 0.3 is 6.18 Å². The smallest absolute Gasteiger partial charge is 0.353 e. The lowest BCUT2D eigenvalue weighted by molar-refractivity contribution is -0.141. The van der Waals surface area contributed by atoms with E-state index in [2.05, 4.69) is 20.6 Å². The second-order valence-electron chi connectivity index (χ2n) is 7.75. The van der Waals surface area contributed by atoms with Gasteiger partial charge in [0.1, 0.15) is 0 Å². The fourth-order valence-electron chi connectivity index (χ4n) is 3.83. The van der Waals surface area contributed by atoms with E-state index < -0.39 is 17.4 Å². The molecule has 0 saturated carbocycles. The third-order valence-corrected chi connectivity index (χ3v) is 5.39. The van der Waals surface area contributed by atoms with Crippen LogP contribution >= 0.6 is 0 Å². The number of aromatic amines is 1. The van der Waals surface area contributed by atoms with Gasteiger partial charge in [-0.25, -0.2) is 4.98 Å². The number of carbonyl (C=O) groups is 1. The SMILES string of the molecule is O=C(CN1CCC(Nc2nc(C(F)(F)F)cc(=O)[nH]2)CC1)Nc1cccc2ccccc12. The third-order valence-electron chi connectivity index (χ3n) is 5.39. The first kappa shape index (κ1) is 21.8. The Morgan fingerprint density at radius 3 is 2.59 bits per heavy atom. The Morgan fingerprint density at radius 2 is 1.84 bits per heavy atom. The summed E-state index contributed by atoms with van der Waals surface area (Å²) in [5.74, 6) is -0.325. The minimum Gasteiger partial charge on any atom is -0.353 e. The van der Waals surface area contributed by atoms with Crippen LogP contribution in [0.25, 0.3) is 10.8 Å². The predicted octanol–water partition coefficient (Wildman–Crippen LogP) is 3.46. The summed E-state index contributed by atoms with van der Waals surface area (Å²) in [6.07, 6.45) is -3.49. The summed E-state index contributed by atoms with van der Waals surface area (Å²) in [6.45, 7) is 1.39. The van der Waals surface area contributed by atoms with E-state index in [0.29, 0.717) is 32.0 Å². The van der Waals surface area contributed by atoms with Gasteiger partial charge in [0.05, 0.1) is 6.54 Å². The quantitative estimate of drug-likeness (QED) is 0.560. The molecule has 2 aromatic carbocycles. The number of aromatic nitrogens is 2. The lowest BCUT2D eigenvalue weighted by atomic mass is 10.1. The number of amides is 1. The number of H-pyrrole nitrogens is 1. The van der Waals surface area contributed by atoms with Crippen LogP contribution in [0.4, 0.5) is 24.8 Å². The predicted molar refractivity (Wildman–Crippen MR) is 116 cm³/mol. The van der Waals surface area contributed by atoms with Gasteiger partial charge in [0.15, 0.2) is 5.69 Å². The molecule has 1 aliphatic rings. The van der Waals surface area contributed by atoms with E-state index in [-0.39, 0.29) is 24.4 Å². The Hall–Kier alpha value is -3.40. The number of hydrogen-bond donors (Lipinski definition) is 3. The molecule has 0 aliphatic carbocycles. The number of nitrogens with zero attached hydrogens (tertiary/aromatic N) is 2. The highest BCUT2D eigenvalue weighted by Crippen LogP contribution is 2.27. The van der Waals surface area contributed by atoms with Crippen LogP contribution < -0.4 is 16.2 Å². The highest BCUT2D eigenvalue weighted by atomic mass is 19.4. The van der Waals surface area contributed by atoms with Gasteiger partial charge < -0.3 is 10.6 Å². The summed E-state index contributed by atoms with van der Waals surface area (Å²) in [6, 6.07) is 13.8. The van der Waals surface area contributed by atoms with Gasteiger partial charge in [-0.3, -0.25) is 19.5 Å². The molecule has 7 nitrogen and oxygen atoms in total. The number of nitrogens with one attached hydrogen (secondary N) is 3. The maximum absolute atomic E-state index is 12.9. The van der Waals surface area contributed by atoms with Gasteiger partial charge in [0, 0.05) is 36.3 Å². The Labute approximate surface area is 181 Å². The van der Waals surface area contributed by atoms with Crippen molar-refractivity contribution in [1.82, 2.24) is 14.9 Å². The molecule has 1 aromatic heterocycles. The Morgan fingerprint density at radius 1 is 1.12 bits per heavy atom. The van der Waals surface area contributed by atoms with E-state index in [1.54, 1.807) is 0 Å². The first-order chi connectivity index (χ1) is 15.3. The molecule has 1 saturated heterocycles. The van der Waals surface area contributed by atoms with E-state index in [1.807, 2.05) is 47.4 Å². The lowest BCUT2D eigenvalue weighted by Gasteiger charge is -2.32. The normalized spacial score (nSPS) is 15.6. The van der Waals surface area contributed by atoms with E-state index >= 15 is 0 Å². The molecule has 0 bridgehead atoms. The van der Waals surface area contributed by atoms with Crippen molar-refractivity contribution in [2.75, 3.05) is 30.3 Å². The second kappa shape index (κ2) is 8.99. The summed E-state index contributed by atoms with van der Waals surface area (Å²) in [5.41, 5.74) is -1.34. The molecule has 32 heavy (non-hydrogen) atoms. The largest absolute Gasteiger partial charge is 0.433 e. The lowest BCUT2D eigenvalue weighted by Crippen LogP contribution is -2.43. The number of halogens is 3. The van der Waals surface area contributed by atoms with Crippen LogP contribution in [-0.4, -0.2) is 46.5 Å². The Bertz CT molecular complexity index is 1160. The number of hydrogen-bond acceptors (Lipinski definition) is 5. The number of rotatable bonds is 5. The molecule has 168 valence electrons. The van der Waals surface area contributed by atoms with Crippen LogP contribution in [0.2, 0.25) is 0 Å². The Kier molecular flexibility index (Phi) is 6.13. The van der Waals surface area contributed by atoms with Crippen LogP contribution in [0.5, 0.6) is 0 Å². The summed E-state index contributed by atoms with van der Waals surface area (Å²) < 4.78 is 38.6. The number of likely N-dealkylation sites (tertiary alicyclic amines) is 1. The summed E-state index contributed by atoms with van der Waals surface area (Å²) in [7, 11) is 0. The molecule has 0 atom stereocenters. The minimum atomic E-state index is -4.69. The average Bonchev–Trinajstić information content (AvgIpc) is 2.74. The summed E-state index contributed by atoms with van der Waals surface area (Å²) >= 11 is 0. The molecule has 1 aliphatic heterocycles. The molecule has 1 amide bonds. The van der Waals surface area contributed by atoms with Gasteiger partial charge in [0.2, 0.25) is 11.9 Å². The van der Waals surface area contributed by atoms with Crippen LogP contribution in [0.1, 0.15) is 18.5 Å². The summed E-state index contributed by atoms with van der Waals surface area (Å²) in [5, 5.41) is 7.84. The molecule has 2 heterocycles. The van der Waals surface area contributed by atoms with Crippen molar-refractivity contribution in [2.45, 2.75) is 25.1 Å². The molecular formula is C22H22F3N5O2. The standard InChI is InChI=1S/C22H22F3N5O2/c23-22(24,25)18-12-19(31)29-21(28-18)26-15-8-10-30(11-9-15)13-20(32)27-17-7-3-5-14-4-1-2-6-16(14)17/h1-7,12,15H,8-11,13H2,(H,27,32)(H2,26,28,29,31). The molecule has 0 unspecified atom stereocenters. The van der Waals surface area contributed by atoms with Crippen LogP contribution in [0.3, 0.4) is 0 Å². The number of fused-ring (bicyclic) bond motifs is 1. The number of anilines is 2. The number of piperidine rings is 1. The first-order valence-electron chi connectivity index (χ1n) is 10.2. The van der Waals surface area contributed by atoms with Gasteiger partial charge in [-0.1, -0.05) is 36.4 Å². The maximum Gasteiger partial charge on any atom is 0.433 e. The Balaban J connectivity index is 1.31. The van der Waals surface area contributed by atoms with E-state index in [4.69, 9.17) is 0 Å². The zero-order valence-electron chi connectivity index (χ0n) is 17.1. The molecule has 4 rings (SSSR count). The fourth-order valence-corrected chi connectivity index (χ4v) is 3.83. The van der Waals surface area contributed by atoms with E-state index in [9.17, 15) is 22.8 Å². The molecule has 0 spiro atoms. The van der Waals surface area contributed by atoms with Crippen molar-refractivity contribution < 1.29 is 18.0 Å². The van der Waals surface area contributed by atoms with E-state index in [0.717, 1.165) is 16.5 Å². The van der Waals surface area contributed by atoms with Crippen molar-refractivity contribution in [3.05, 3.63) is 64.6 Å². The van der Waals surface area contributed by atoms with E-state index in [1.165, 1.54) is 0 Å². The number of carbonyl (C=O) groups excluding carboxylic acids is 1. The molecule has 3 aromatic rings. The molecule has 3 N–H and O–H groups in total. The van der Waals surface area contributed by atoms with Crippen molar-refractivity contribution in [3.8, 4) is 0 Å². The molecular weight excluding hydrogens is 423 g/mol. The average molecular weight is 445 g/mol. The zero-order chi connectivity index (χ0) is 22.7. The van der Waals surface area contributed by atoms with Gasteiger partial charge in [-0.05, 0) is 24.3 Å². The minimum absolute atomic E-state index is 0.128. The van der Waals surface area contributed by atoms with Gasteiger partial charge in [-0.15, -0.1) is 0 Å². The maximum atomic E-state index is 12.9. The highest BCUT2D eigenvalue weighted by Gasteiger charge is 2.33. The molecule has 1 fully saturated rings. The first-order valence-corrected chi connectivity index (χ1v) is 10.2. The van der Waals surface area contributed by atoms with Crippen LogP contribution in [0.15, 0.2) is 53.3 Å². The van der Waals surface area contributed by atoms with Crippen molar-refractivity contribution in [2.24, 2.45) is 0 Å². The number of benzene rings is 2. The van der Waals surface area contributed by atoms with Gasteiger partial charge in [-0.2, -0.15) is 13.2 Å².